The number of carbonyl (C=O) groups excluding carboxylic acids is 1. The first-order valence-corrected chi connectivity index (χ1v) is 12.3. The highest BCUT2D eigenvalue weighted by molar-refractivity contribution is 6.31. The molecule has 8 heteroatoms. The molecule has 3 aromatic rings. The van der Waals surface area contributed by atoms with Gasteiger partial charge in [-0.1, -0.05) is 25.4 Å². The SMILES string of the molecule is Cc1c(-c2[nH]c3ccc(C4CCN(C(=O)CN(C)C)CC4)nc3c2C(C)C)cn(C)c(=O)c1Cl. The number of fused-ring (bicyclic) bond motifs is 1. The van der Waals surface area contributed by atoms with Crippen molar-refractivity contribution in [3.8, 4) is 11.3 Å². The van der Waals surface area contributed by atoms with Crippen LogP contribution in [0, 0.1) is 6.92 Å². The predicted octanol–water partition coefficient (Wildman–Crippen LogP) is 4.28. The number of hydrogen-bond acceptors (Lipinski definition) is 4. The summed E-state index contributed by atoms with van der Waals surface area (Å²) >= 11 is 6.36. The highest BCUT2D eigenvalue weighted by atomic mass is 35.5. The Balaban J connectivity index is 1.69. The number of pyridine rings is 2. The molecule has 182 valence electrons. The van der Waals surface area contributed by atoms with E-state index in [2.05, 4.69) is 31.0 Å². The number of halogens is 1. The number of piperidine rings is 1. The first-order valence-electron chi connectivity index (χ1n) is 11.9. The summed E-state index contributed by atoms with van der Waals surface area (Å²) in [5.41, 5.74) is 6.62. The zero-order valence-electron chi connectivity index (χ0n) is 20.9. The van der Waals surface area contributed by atoms with Crippen LogP contribution >= 0.6 is 11.6 Å². The van der Waals surface area contributed by atoms with E-state index < -0.39 is 0 Å². The Kier molecular flexibility index (Phi) is 6.87. The van der Waals surface area contributed by atoms with Gasteiger partial charge in [-0.3, -0.25) is 14.6 Å². The lowest BCUT2D eigenvalue weighted by molar-refractivity contribution is -0.132. The quantitative estimate of drug-likeness (QED) is 0.587. The standard InChI is InChI=1S/C26H34ClN5O2/c1-15(2)22-24(18-13-31(6)26(34)23(27)16(18)3)29-20-8-7-19(28-25(20)22)17-9-11-32(12-10-17)21(33)14-30(4)5/h7-8,13,15,17,29H,9-12,14H2,1-6H3. The third-order valence-electron chi connectivity index (χ3n) is 6.83. The normalized spacial score (nSPS) is 15.1. The van der Waals surface area contributed by atoms with Crippen LogP contribution in [-0.2, 0) is 11.8 Å². The van der Waals surface area contributed by atoms with E-state index in [1.807, 2.05) is 37.0 Å². The number of rotatable bonds is 5. The molecular formula is C26H34ClN5O2. The van der Waals surface area contributed by atoms with Gasteiger partial charge in [-0.2, -0.15) is 0 Å². The van der Waals surface area contributed by atoms with E-state index in [9.17, 15) is 9.59 Å². The van der Waals surface area contributed by atoms with E-state index >= 15 is 0 Å². The fourth-order valence-corrected chi connectivity index (χ4v) is 5.17. The van der Waals surface area contributed by atoms with Crippen LogP contribution in [0.3, 0.4) is 0 Å². The summed E-state index contributed by atoms with van der Waals surface area (Å²) in [6, 6.07) is 4.21. The highest BCUT2D eigenvalue weighted by Gasteiger charge is 2.26. The van der Waals surface area contributed by atoms with Crippen molar-refractivity contribution in [2.45, 2.75) is 45.4 Å². The number of nitrogens with one attached hydrogen (secondary N) is 1. The maximum Gasteiger partial charge on any atom is 0.269 e. The number of aromatic amines is 1. The van der Waals surface area contributed by atoms with Crippen LogP contribution < -0.4 is 5.56 Å². The van der Waals surface area contributed by atoms with Crippen LogP contribution in [0.15, 0.2) is 23.1 Å². The molecule has 0 aliphatic carbocycles. The van der Waals surface area contributed by atoms with Crippen molar-refractivity contribution in [3.05, 3.63) is 50.5 Å². The molecule has 1 amide bonds. The van der Waals surface area contributed by atoms with Gasteiger partial charge < -0.3 is 19.4 Å². The number of aromatic nitrogens is 3. The van der Waals surface area contributed by atoms with Gasteiger partial charge in [0.15, 0.2) is 0 Å². The van der Waals surface area contributed by atoms with Gasteiger partial charge in [0.05, 0.1) is 23.3 Å². The van der Waals surface area contributed by atoms with Gasteiger partial charge in [-0.05, 0) is 57.5 Å². The summed E-state index contributed by atoms with van der Waals surface area (Å²) in [5, 5.41) is 0.248. The number of carbonyl (C=O) groups is 1. The van der Waals surface area contributed by atoms with Crippen LogP contribution in [0.1, 0.15) is 55.3 Å². The Morgan fingerprint density at radius 1 is 1.26 bits per heavy atom. The lowest BCUT2D eigenvalue weighted by Gasteiger charge is -2.32. The molecule has 0 spiro atoms. The molecular weight excluding hydrogens is 450 g/mol. The van der Waals surface area contributed by atoms with Crippen molar-refractivity contribution < 1.29 is 4.79 Å². The van der Waals surface area contributed by atoms with E-state index in [1.165, 1.54) is 4.57 Å². The average Bonchev–Trinajstić information content (AvgIpc) is 3.18. The van der Waals surface area contributed by atoms with Gasteiger partial charge in [0.2, 0.25) is 5.91 Å². The molecule has 0 aromatic carbocycles. The van der Waals surface area contributed by atoms with E-state index in [4.69, 9.17) is 16.6 Å². The predicted molar refractivity (Wildman–Crippen MR) is 138 cm³/mol. The summed E-state index contributed by atoms with van der Waals surface area (Å²) in [7, 11) is 5.57. The van der Waals surface area contributed by atoms with Crippen LogP contribution in [0.4, 0.5) is 0 Å². The molecule has 3 aromatic heterocycles. The smallest absolute Gasteiger partial charge is 0.269 e. The monoisotopic (exact) mass is 483 g/mol. The Morgan fingerprint density at radius 3 is 2.56 bits per heavy atom. The molecule has 0 radical (unpaired) electrons. The lowest BCUT2D eigenvalue weighted by atomic mass is 9.92. The largest absolute Gasteiger partial charge is 0.353 e. The zero-order valence-corrected chi connectivity index (χ0v) is 21.7. The van der Waals surface area contributed by atoms with E-state index in [0.717, 1.165) is 65.0 Å². The van der Waals surface area contributed by atoms with Crippen LogP contribution in [0.2, 0.25) is 5.02 Å². The van der Waals surface area contributed by atoms with Gasteiger partial charge in [-0.25, -0.2) is 0 Å². The maximum atomic E-state index is 12.4. The number of amides is 1. The third kappa shape index (κ3) is 4.51. The summed E-state index contributed by atoms with van der Waals surface area (Å²) in [6.45, 7) is 8.19. The van der Waals surface area contributed by atoms with Gasteiger partial charge in [0.25, 0.3) is 5.56 Å². The Labute approximate surface area is 205 Å². The second-order valence-electron chi connectivity index (χ2n) is 9.99. The fourth-order valence-electron chi connectivity index (χ4n) is 4.93. The Hall–Kier alpha value is -2.64. The van der Waals surface area contributed by atoms with Crippen molar-refractivity contribution in [1.29, 1.82) is 0 Å². The van der Waals surface area contributed by atoms with Gasteiger partial charge in [0.1, 0.15) is 5.02 Å². The van der Waals surface area contributed by atoms with E-state index in [1.54, 1.807) is 7.05 Å². The number of H-pyrrole nitrogens is 1. The van der Waals surface area contributed by atoms with Crippen LogP contribution in [-0.4, -0.2) is 64.0 Å². The third-order valence-corrected chi connectivity index (χ3v) is 7.27. The zero-order chi connectivity index (χ0) is 24.7. The first kappa shape index (κ1) is 24.5. The summed E-state index contributed by atoms with van der Waals surface area (Å²) in [6.07, 6.45) is 3.68. The Bertz CT molecular complexity index is 1280. The molecule has 1 aliphatic heterocycles. The van der Waals surface area contributed by atoms with Crippen molar-refractivity contribution in [1.82, 2.24) is 24.3 Å². The molecule has 4 rings (SSSR count). The molecule has 0 unspecified atom stereocenters. The van der Waals surface area contributed by atoms with Crippen molar-refractivity contribution in [2.75, 3.05) is 33.7 Å². The molecule has 1 fully saturated rings. The average molecular weight is 484 g/mol. The van der Waals surface area contributed by atoms with Crippen molar-refractivity contribution >= 4 is 28.5 Å². The van der Waals surface area contributed by atoms with Crippen LogP contribution in [0.5, 0.6) is 0 Å². The van der Waals surface area contributed by atoms with Gasteiger partial charge >= 0.3 is 0 Å². The molecule has 1 saturated heterocycles. The minimum absolute atomic E-state index is 0.190. The molecule has 34 heavy (non-hydrogen) atoms. The molecule has 0 bridgehead atoms. The van der Waals surface area contributed by atoms with Gasteiger partial charge in [-0.15, -0.1) is 0 Å². The number of hydrogen-bond donors (Lipinski definition) is 1. The topological polar surface area (TPSA) is 74.2 Å². The minimum atomic E-state index is -0.194. The molecule has 4 heterocycles. The number of aryl methyl sites for hydroxylation is 1. The van der Waals surface area contributed by atoms with Gasteiger partial charge in [0, 0.05) is 49.1 Å². The summed E-state index contributed by atoms with van der Waals surface area (Å²) < 4.78 is 1.53. The van der Waals surface area contributed by atoms with E-state index in [-0.39, 0.29) is 22.4 Å². The maximum absolute atomic E-state index is 12.4. The number of likely N-dealkylation sites (tertiary alicyclic amines) is 1. The fraction of sp³-hybridized carbons (Fsp3) is 0.500. The Morgan fingerprint density at radius 2 is 1.94 bits per heavy atom. The second-order valence-corrected chi connectivity index (χ2v) is 10.4. The summed E-state index contributed by atoms with van der Waals surface area (Å²) in [4.78, 5) is 37.3. The molecule has 1 N–H and O–H groups in total. The summed E-state index contributed by atoms with van der Waals surface area (Å²) in [5.74, 6) is 0.753. The molecule has 0 atom stereocenters. The lowest BCUT2D eigenvalue weighted by Crippen LogP contribution is -2.42. The molecule has 7 nitrogen and oxygen atoms in total. The minimum Gasteiger partial charge on any atom is -0.353 e. The van der Waals surface area contributed by atoms with Crippen molar-refractivity contribution in [3.63, 3.8) is 0 Å². The molecule has 0 saturated carbocycles. The first-order chi connectivity index (χ1) is 16.1. The number of likely N-dealkylation sites (N-methyl/N-ethyl adjacent to an activating group) is 1. The van der Waals surface area contributed by atoms with Crippen molar-refractivity contribution in [2.24, 2.45) is 7.05 Å². The number of nitrogens with zero attached hydrogens (tertiary/aromatic N) is 4. The highest BCUT2D eigenvalue weighted by Crippen LogP contribution is 2.38. The molecule has 1 aliphatic rings. The van der Waals surface area contributed by atoms with E-state index in [0.29, 0.717) is 12.5 Å². The second kappa shape index (κ2) is 9.55. The van der Waals surface area contributed by atoms with Crippen LogP contribution in [0.25, 0.3) is 22.3 Å².